The van der Waals surface area contributed by atoms with Crippen molar-refractivity contribution in [3.05, 3.63) is 27.8 Å². The Bertz CT molecular complexity index is 785. The molecule has 6 heteroatoms. The number of aromatic hydroxyl groups is 1. The normalized spacial score (nSPS) is 15.3. The van der Waals surface area contributed by atoms with Crippen LogP contribution in [-0.2, 0) is 10.2 Å². The Morgan fingerprint density at radius 1 is 0.943 bits per heavy atom. The molecule has 1 aromatic heterocycles. The fourth-order valence-corrected chi connectivity index (χ4v) is 6.40. The fourth-order valence-electron chi connectivity index (χ4n) is 5.13. The van der Waals surface area contributed by atoms with Gasteiger partial charge in [0.1, 0.15) is 5.76 Å². The van der Waals surface area contributed by atoms with E-state index in [2.05, 4.69) is 12.2 Å². The van der Waals surface area contributed by atoms with Crippen molar-refractivity contribution in [3.63, 3.8) is 0 Å². The number of unbranched alkanes of at least 4 members (excludes halogenated alkanes) is 13. The number of aryl methyl sites for hydroxylation is 1. The van der Waals surface area contributed by atoms with Crippen LogP contribution in [0, 0.1) is 6.92 Å². The van der Waals surface area contributed by atoms with Crippen LogP contribution >= 0.6 is 11.8 Å². The van der Waals surface area contributed by atoms with Crippen LogP contribution in [0.4, 0.5) is 0 Å². The zero-order chi connectivity index (χ0) is 25.4. The molecule has 1 aliphatic heterocycles. The third kappa shape index (κ3) is 11.0. The first-order valence-corrected chi connectivity index (χ1v) is 15.3. The second-order valence-corrected chi connectivity index (χ2v) is 11.6. The number of carbonyl (C=O) groups is 1. The van der Waals surface area contributed by atoms with Crippen molar-refractivity contribution in [1.82, 2.24) is 5.32 Å². The molecule has 200 valence electrons. The average Bonchev–Trinajstić information content (AvgIpc) is 2.84. The predicted molar refractivity (Wildman–Crippen MR) is 148 cm³/mol. The number of carbonyl (C=O) groups excluding carboxylic acids is 1. The second kappa shape index (κ2) is 17.1. The van der Waals surface area contributed by atoms with Gasteiger partial charge in [0.2, 0.25) is 17.1 Å². The van der Waals surface area contributed by atoms with Crippen LogP contribution in [0.15, 0.2) is 15.3 Å². The van der Waals surface area contributed by atoms with Crippen LogP contribution in [0.1, 0.15) is 128 Å². The molecule has 0 radical (unpaired) electrons. The van der Waals surface area contributed by atoms with Gasteiger partial charge >= 0.3 is 0 Å². The van der Waals surface area contributed by atoms with Gasteiger partial charge in [0, 0.05) is 24.4 Å². The molecule has 0 bridgehead atoms. The summed E-state index contributed by atoms with van der Waals surface area (Å²) in [5.41, 5.74) is -1.02. The maximum Gasteiger partial charge on any atom is 0.227 e. The second-order valence-electron chi connectivity index (χ2n) is 10.4. The van der Waals surface area contributed by atoms with E-state index in [1.165, 1.54) is 83.1 Å². The number of amides is 1. The first-order valence-electron chi connectivity index (χ1n) is 14.2. The highest BCUT2D eigenvalue weighted by atomic mass is 32.2. The molecule has 1 saturated heterocycles. The van der Waals surface area contributed by atoms with Gasteiger partial charge in [-0.1, -0.05) is 90.4 Å². The smallest absolute Gasteiger partial charge is 0.227 e. The molecular formula is C29H49NO4S. The Hall–Kier alpha value is -1.43. The van der Waals surface area contributed by atoms with Crippen LogP contribution in [0.25, 0.3) is 0 Å². The first-order chi connectivity index (χ1) is 17.0. The lowest BCUT2D eigenvalue weighted by Gasteiger charge is -2.35. The number of nitrogens with one attached hydrogen (secondary N) is 1. The zero-order valence-electron chi connectivity index (χ0n) is 22.3. The van der Waals surface area contributed by atoms with Crippen LogP contribution in [0.3, 0.4) is 0 Å². The fraction of sp³-hybridized carbons (Fsp3) is 0.793. The third-order valence-electron chi connectivity index (χ3n) is 7.33. The summed E-state index contributed by atoms with van der Waals surface area (Å²) < 4.78 is 5.82. The minimum absolute atomic E-state index is 0.0184. The van der Waals surface area contributed by atoms with E-state index in [4.69, 9.17) is 4.42 Å². The van der Waals surface area contributed by atoms with E-state index in [9.17, 15) is 14.7 Å². The maximum atomic E-state index is 12.8. The molecule has 2 rings (SSSR count). The summed E-state index contributed by atoms with van der Waals surface area (Å²) in [5.74, 6) is 2.21. The average molecular weight is 508 g/mol. The van der Waals surface area contributed by atoms with Gasteiger partial charge in [-0.15, -0.1) is 0 Å². The van der Waals surface area contributed by atoms with Crippen LogP contribution in [-0.4, -0.2) is 29.1 Å². The van der Waals surface area contributed by atoms with E-state index >= 15 is 0 Å². The van der Waals surface area contributed by atoms with E-state index in [0.29, 0.717) is 18.1 Å². The van der Waals surface area contributed by atoms with Gasteiger partial charge in [0.25, 0.3) is 0 Å². The quantitative estimate of drug-likeness (QED) is 0.202. The van der Waals surface area contributed by atoms with Crippen molar-refractivity contribution < 1.29 is 14.3 Å². The van der Waals surface area contributed by atoms with Gasteiger partial charge < -0.3 is 14.8 Å². The van der Waals surface area contributed by atoms with E-state index in [1.807, 2.05) is 11.8 Å². The highest BCUT2D eigenvalue weighted by Gasteiger charge is 2.41. The molecule has 35 heavy (non-hydrogen) atoms. The summed E-state index contributed by atoms with van der Waals surface area (Å²) in [7, 11) is 0. The molecule has 0 aromatic carbocycles. The summed E-state index contributed by atoms with van der Waals surface area (Å²) in [6.45, 7) is 4.67. The molecule has 1 aliphatic rings. The van der Waals surface area contributed by atoms with Gasteiger partial charge in [-0.05, 0) is 37.7 Å². The summed E-state index contributed by atoms with van der Waals surface area (Å²) in [5, 5.41) is 13.5. The molecule has 0 unspecified atom stereocenters. The highest BCUT2D eigenvalue weighted by Crippen LogP contribution is 2.43. The third-order valence-corrected chi connectivity index (χ3v) is 8.31. The van der Waals surface area contributed by atoms with Gasteiger partial charge in [0.05, 0.1) is 0 Å². The summed E-state index contributed by atoms with van der Waals surface area (Å²) >= 11 is 1.84. The molecule has 1 amide bonds. The molecule has 0 spiro atoms. The van der Waals surface area contributed by atoms with Crippen molar-refractivity contribution >= 4 is 17.7 Å². The molecule has 1 fully saturated rings. The summed E-state index contributed by atoms with van der Waals surface area (Å²) in [6, 6.07) is 1.31. The lowest BCUT2D eigenvalue weighted by molar-refractivity contribution is -0.122. The lowest BCUT2D eigenvalue weighted by Crippen LogP contribution is -2.38. The molecule has 0 saturated carbocycles. The SMILES string of the molecule is CCCCCCCCCCCCCCCCNC(=O)CC1(c2oc(C)cc(=O)c2O)CCSCC1. The topological polar surface area (TPSA) is 79.5 Å². The largest absolute Gasteiger partial charge is 0.502 e. The van der Waals surface area contributed by atoms with Gasteiger partial charge in [-0.3, -0.25) is 9.59 Å². The summed E-state index contributed by atoms with van der Waals surface area (Å²) in [4.78, 5) is 24.9. The molecule has 2 N–H and O–H groups in total. The van der Waals surface area contributed by atoms with Crippen molar-refractivity contribution in [2.45, 2.75) is 128 Å². The molecule has 0 atom stereocenters. The predicted octanol–water partition coefficient (Wildman–Crippen LogP) is 7.41. The van der Waals surface area contributed by atoms with Gasteiger partial charge in [-0.2, -0.15) is 11.8 Å². The molecule has 2 heterocycles. The highest BCUT2D eigenvalue weighted by molar-refractivity contribution is 7.99. The molecule has 0 aliphatic carbocycles. The molecule has 5 nitrogen and oxygen atoms in total. The lowest BCUT2D eigenvalue weighted by atomic mass is 9.75. The van der Waals surface area contributed by atoms with Crippen molar-refractivity contribution in [1.29, 1.82) is 0 Å². The van der Waals surface area contributed by atoms with E-state index in [1.54, 1.807) is 6.92 Å². The molecular weight excluding hydrogens is 458 g/mol. The van der Waals surface area contributed by atoms with E-state index < -0.39 is 10.8 Å². The van der Waals surface area contributed by atoms with E-state index in [0.717, 1.165) is 37.2 Å². The maximum absolute atomic E-state index is 12.8. The first kappa shape index (κ1) is 29.8. The Morgan fingerprint density at radius 2 is 1.46 bits per heavy atom. The summed E-state index contributed by atoms with van der Waals surface area (Å²) in [6.07, 6.45) is 20.2. The monoisotopic (exact) mass is 507 g/mol. The number of thioether (sulfide) groups is 1. The number of rotatable bonds is 18. The Morgan fingerprint density at radius 3 is 2.00 bits per heavy atom. The van der Waals surface area contributed by atoms with E-state index in [-0.39, 0.29) is 18.1 Å². The van der Waals surface area contributed by atoms with Crippen LogP contribution in [0.5, 0.6) is 5.75 Å². The Kier molecular flexibility index (Phi) is 14.6. The minimum atomic E-state index is -0.597. The number of hydrogen-bond donors (Lipinski definition) is 2. The molecule has 1 aromatic rings. The van der Waals surface area contributed by atoms with Gasteiger partial charge in [0.15, 0.2) is 5.76 Å². The van der Waals surface area contributed by atoms with Crippen molar-refractivity contribution in [2.75, 3.05) is 18.1 Å². The Labute approximate surface area is 217 Å². The van der Waals surface area contributed by atoms with Gasteiger partial charge in [-0.25, -0.2) is 0 Å². The van der Waals surface area contributed by atoms with Crippen LogP contribution in [0.2, 0.25) is 0 Å². The van der Waals surface area contributed by atoms with Crippen molar-refractivity contribution in [2.24, 2.45) is 0 Å². The number of hydrogen-bond acceptors (Lipinski definition) is 5. The zero-order valence-corrected chi connectivity index (χ0v) is 23.1. The van der Waals surface area contributed by atoms with Crippen molar-refractivity contribution in [3.8, 4) is 5.75 Å². The Balaban J connectivity index is 1.59. The standard InChI is InChI=1S/C29H49NO4S/c1-3-4-5-6-7-8-9-10-11-12-13-14-15-16-19-30-26(32)23-29(17-20-35-21-18-29)28-27(33)25(31)22-24(2)34-28/h22,33H,3-21,23H2,1-2H3,(H,30,32). The van der Waals surface area contributed by atoms with Crippen LogP contribution < -0.4 is 10.7 Å². The minimum Gasteiger partial charge on any atom is -0.502 e.